The lowest BCUT2D eigenvalue weighted by molar-refractivity contribution is 0.622. The van der Waals surface area contributed by atoms with Gasteiger partial charge in [0, 0.05) is 9.35 Å². The Bertz CT molecular complexity index is 453. The summed E-state index contributed by atoms with van der Waals surface area (Å²) < 4.78 is 2.80. The molecule has 4 nitrogen and oxygen atoms in total. The molecule has 0 aliphatic carbocycles. The van der Waals surface area contributed by atoms with Gasteiger partial charge in [-0.2, -0.15) is 0 Å². The van der Waals surface area contributed by atoms with Crippen molar-refractivity contribution >= 4 is 38.9 Å². The predicted molar refractivity (Wildman–Crippen MR) is 63.2 cm³/mol. The van der Waals surface area contributed by atoms with Crippen LogP contribution in [-0.4, -0.2) is 20.2 Å². The molecule has 2 aromatic rings. The summed E-state index contributed by atoms with van der Waals surface area (Å²) in [6, 6.07) is 2.01. The molecule has 2 rings (SSSR count). The molecule has 15 heavy (non-hydrogen) atoms. The van der Waals surface area contributed by atoms with Crippen LogP contribution in [0.5, 0.6) is 0 Å². The first-order chi connectivity index (χ1) is 7.18. The van der Waals surface area contributed by atoms with Crippen LogP contribution in [0.1, 0.15) is 23.0 Å². The van der Waals surface area contributed by atoms with E-state index < -0.39 is 0 Å². The summed E-state index contributed by atoms with van der Waals surface area (Å²) in [5, 5.41) is 13.3. The second-order valence-electron chi connectivity index (χ2n) is 3.00. The zero-order valence-corrected chi connectivity index (χ0v) is 11.1. The van der Waals surface area contributed by atoms with E-state index in [0.29, 0.717) is 12.4 Å². The zero-order valence-electron chi connectivity index (χ0n) is 7.89. The van der Waals surface area contributed by atoms with Crippen LogP contribution >= 0.6 is 38.9 Å². The van der Waals surface area contributed by atoms with Crippen molar-refractivity contribution in [2.45, 2.75) is 18.8 Å². The maximum Gasteiger partial charge on any atom is 0.169 e. The van der Waals surface area contributed by atoms with Crippen LogP contribution in [0.4, 0.5) is 0 Å². The zero-order chi connectivity index (χ0) is 10.8. The summed E-state index contributed by atoms with van der Waals surface area (Å²) in [6.45, 7) is 2.50. The van der Waals surface area contributed by atoms with Crippen LogP contribution < -0.4 is 0 Å². The lowest BCUT2D eigenvalue weighted by atomic mass is 10.4. The minimum absolute atomic E-state index is 0.182. The SMILES string of the molecule is CC(Cl)c1nnnn1Cc1sccc1Br. The van der Waals surface area contributed by atoms with E-state index in [9.17, 15) is 0 Å². The average Bonchev–Trinajstić information content (AvgIpc) is 2.77. The molecule has 0 aliphatic rings. The minimum Gasteiger partial charge on any atom is -0.223 e. The Labute approximate surface area is 104 Å². The Balaban J connectivity index is 2.25. The number of tetrazole rings is 1. The molecule has 0 spiro atoms. The van der Waals surface area contributed by atoms with Crippen molar-refractivity contribution in [1.82, 2.24) is 20.2 Å². The highest BCUT2D eigenvalue weighted by atomic mass is 79.9. The molecule has 0 aliphatic heterocycles. The Kier molecular flexibility index (Phi) is 3.38. The predicted octanol–water partition coefficient (Wildman–Crippen LogP) is 2.85. The van der Waals surface area contributed by atoms with E-state index in [-0.39, 0.29) is 5.38 Å². The largest absolute Gasteiger partial charge is 0.223 e. The summed E-state index contributed by atoms with van der Waals surface area (Å²) in [5.41, 5.74) is 0. The highest BCUT2D eigenvalue weighted by Gasteiger charge is 2.13. The third-order valence-electron chi connectivity index (χ3n) is 1.90. The molecule has 1 unspecified atom stereocenters. The van der Waals surface area contributed by atoms with Crippen LogP contribution in [0.2, 0.25) is 0 Å². The minimum atomic E-state index is -0.182. The molecule has 0 amide bonds. The van der Waals surface area contributed by atoms with E-state index in [1.807, 2.05) is 18.4 Å². The molecule has 0 bridgehead atoms. The number of hydrogen-bond donors (Lipinski definition) is 0. The highest BCUT2D eigenvalue weighted by Crippen LogP contribution is 2.24. The molecular formula is C8H8BrClN4S. The van der Waals surface area contributed by atoms with E-state index in [1.54, 1.807) is 16.0 Å². The van der Waals surface area contributed by atoms with E-state index in [1.165, 1.54) is 4.88 Å². The first kappa shape index (κ1) is 11.0. The number of rotatable bonds is 3. The first-order valence-electron chi connectivity index (χ1n) is 4.30. The van der Waals surface area contributed by atoms with Gasteiger partial charge in [0.15, 0.2) is 5.82 Å². The molecule has 2 aromatic heterocycles. The smallest absolute Gasteiger partial charge is 0.169 e. The van der Waals surface area contributed by atoms with Crippen molar-refractivity contribution in [3.05, 3.63) is 26.6 Å². The van der Waals surface area contributed by atoms with Gasteiger partial charge in [0.1, 0.15) is 0 Å². The number of hydrogen-bond acceptors (Lipinski definition) is 4. The van der Waals surface area contributed by atoms with Crippen molar-refractivity contribution in [2.75, 3.05) is 0 Å². The fraction of sp³-hybridized carbons (Fsp3) is 0.375. The number of halogens is 2. The summed E-state index contributed by atoms with van der Waals surface area (Å²) >= 11 is 11.1. The molecule has 0 aromatic carbocycles. The third kappa shape index (κ3) is 2.38. The summed E-state index contributed by atoms with van der Waals surface area (Å²) in [7, 11) is 0. The Morgan fingerprint density at radius 1 is 1.67 bits per heavy atom. The van der Waals surface area contributed by atoms with E-state index in [2.05, 4.69) is 31.5 Å². The van der Waals surface area contributed by atoms with Gasteiger partial charge in [-0.25, -0.2) is 4.68 Å². The van der Waals surface area contributed by atoms with Crippen LogP contribution in [-0.2, 0) is 6.54 Å². The molecule has 0 saturated carbocycles. The monoisotopic (exact) mass is 306 g/mol. The Morgan fingerprint density at radius 2 is 2.47 bits per heavy atom. The summed E-state index contributed by atoms with van der Waals surface area (Å²) in [4.78, 5) is 1.18. The summed E-state index contributed by atoms with van der Waals surface area (Å²) in [5.74, 6) is 0.692. The van der Waals surface area contributed by atoms with Gasteiger partial charge in [-0.05, 0) is 44.7 Å². The van der Waals surface area contributed by atoms with Gasteiger partial charge in [-0.3, -0.25) is 0 Å². The van der Waals surface area contributed by atoms with E-state index in [0.717, 1.165) is 4.47 Å². The van der Waals surface area contributed by atoms with Gasteiger partial charge < -0.3 is 0 Å². The molecule has 0 radical (unpaired) electrons. The van der Waals surface area contributed by atoms with E-state index >= 15 is 0 Å². The molecule has 0 N–H and O–H groups in total. The lowest BCUT2D eigenvalue weighted by Gasteiger charge is -2.04. The topological polar surface area (TPSA) is 43.6 Å². The second-order valence-corrected chi connectivity index (χ2v) is 5.51. The van der Waals surface area contributed by atoms with Crippen molar-refractivity contribution in [1.29, 1.82) is 0 Å². The highest BCUT2D eigenvalue weighted by molar-refractivity contribution is 9.10. The number of nitrogens with zero attached hydrogens (tertiary/aromatic N) is 4. The molecule has 80 valence electrons. The lowest BCUT2D eigenvalue weighted by Crippen LogP contribution is -2.06. The molecule has 2 heterocycles. The Morgan fingerprint density at radius 3 is 3.07 bits per heavy atom. The molecule has 1 atom stereocenters. The van der Waals surface area contributed by atoms with Crippen LogP contribution in [0.15, 0.2) is 15.9 Å². The second kappa shape index (κ2) is 4.59. The van der Waals surface area contributed by atoms with Crippen LogP contribution in [0.25, 0.3) is 0 Å². The maximum atomic E-state index is 5.96. The summed E-state index contributed by atoms with van der Waals surface area (Å²) in [6.07, 6.45) is 0. The van der Waals surface area contributed by atoms with Gasteiger partial charge in [-0.1, -0.05) is 0 Å². The number of alkyl halides is 1. The maximum absolute atomic E-state index is 5.96. The third-order valence-corrected chi connectivity index (χ3v) is 4.01. The average molecular weight is 308 g/mol. The molecule has 7 heteroatoms. The number of thiophene rings is 1. The first-order valence-corrected chi connectivity index (χ1v) is 6.41. The molecular weight excluding hydrogens is 300 g/mol. The normalized spacial score (nSPS) is 13.0. The van der Waals surface area contributed by atoms with Crippen molar-refractivity contribution in [3.63, 3.8) is 0 Å². The van der Waals surface area contributed by atoms with Gasteiger partial charge in [0.25, 0.3) is 0 Å². The van der Waals surface area contributed by atoms with Crippen molar-refractivity contribution < 1.29 is 0 Å². The number of aromatic nitrogens is 4. The van der Waals surface area contributed by atoms with Crippen molar-refractivity contribution in [2.24, 2.45) is 0 Å². The standard InChI is InChI=1S/C8H8BrClN4S/c1-5(10)8-11-12-13-14(8)4-7-6(9)2-3-15-7/h2-3,5H,4H2,1H3. The van der Waals surface area contributed by atoms with Gasteiger partial charge in [0.2, 0.25) is 0 Å². The van der Waals surface area contributed by atoms with Crippen molar-refractivity contribution in [3.8, 4) is 0 Å². The van der Waals surface area contributed by atoms with Gasteiger partial charge in [0.05, 0.1) is 11.9 Å². The van der Waals surface area contributed by atoms with E-state index in [4.69, 9.17) is 11.6 Å². The van der Waals surface area contributed by atoms with Gasteiger partial charge in [-0.15, -0.1) is 28.0 Å². The molecule has 0 saturated heterocycles. The van der Waals surface area contributed by atoms with Crippen LogP contribution in [0, 0.1) is 0 Å². The quantitative estimate of drug-likeness (QED) is 0.819. The van der Waals surface area contributed by atoms with Gasteiger partial charge >= 0.3 is 0 Å². The fourth-order valence-electron chi connectivity index (χ4n) is 1.18. The fourth-order valence-corrected chi connectivity index (χ4v) is 2.80. The van der Waals surface area contributed by atoms with Crippen LogP contribution in [0.3, 0.4) is 0 Å². The Hall–Kier alpha value is -0.460. The molecule has 0 fully saturated rings.